The van der Waals surface area contributed by atoms with E-state index in [2.05, 4.69) is 23.3 Å². The number of para-hydroxylation sites is 2. The lowest BCUT2D eigenvalue weighted by Gasteiger charge is -2.13. The largest absolute Gasteiger partial charge is 0.313 e. The summed E-state index contributed by atoms with van der Waals surface area (Å²) in [4.78, 5) is 4.40. The minimum Gasteiger partial charge on any atom is -0.313 e. The molecule has 0 aliphatic rings. The lowest BCUT2D eigenvalue weighted by Crippen LogP contribution is -2.12. The number of rotatable bonds is 3. The lowest BCUT2D eigenvalue weighted by atomic mass is 10.1. The number of hydrogen-bond acceptors (Lipinski definition) is 2. The number of nitrogens with one attached hydrogen (secondary N) is 1. The molecule has 1 heterocycles. The minimum absolute atomic E-state index is 0.279. The van der Waals surface area contributed by atoms with E-state index in [0.29, 0.717) is 0 Å². The van der Waals surface area contributed by atoms with Crippen LogP contribution in [0.4, 0.5) is 0 Å². The van der Waals surface area contributed by atoms with Gasteiger partial charge in [0.2, 0.25) is 0 Å². The van der Waals surface area contributed by atoms with E-state index in [1.807, 2.05) is 54.3 Å². The Balaban J connectivity index is 2.11. The van der Waals surface area contributed by atoms with Crippen LogP contribution in [-0.2, 0) is 0 Å². The second-order valence-electron chi connectivity index (χ2n) is 4.82. The van der Waals surface area contributed by atoms with Crippen LogP contribution in [-0.4, -0.2) is 16.6 Å². The fourth-order valence-electron chi connectivity index (χ4n) is 2.31. The molecule has 0 saturated heterocycles. The van der Waals surface area contributed by atoms with Gasteiger partial charge in [-0.1, -0.05) is 29.8 Å². The second-order valence-corrected chi connectivity index (χ2v) is 5.23. The van der Waals surface area contributed by atoms with E-state index in [-0.39, 0.29) is 6.04 Å². The Morgan fingerprint density at radius 3 is 2.75 bits per heavy atom. The van der Waals surface area contributed by atoms with Crippen molar-refractivity contribution >= 4 is 22.6 Å². The van der Waals surface area contributed by atoms with Crippen LogP contribution in [0.3, 0.4) is 0 Å². The van der Waals surface area contributed by atoms with Gasteiger partial charge in [0.1, 0.15) is 6.33 Å². The highest BCUT2D eigenvalue weighted by molar-refractivity contribution is 6.32. The quantitative estimate of drug-likeness (QED) is 0.789. The van der Waals surface area contributed by atoms with Crippen molar-refractivity contribution < 1.29 is 0 Å². The van der Waals surface area contributed by atoms with Crippen molar-refractivity contribution in [2.45, 2.75) is 13.0 Å². The van der Waals surface area contributed by atoms with E-state index in [4.69, 9.17) is 11.6 Å². The van der Waals surface area contributed by atoms with Gasteiger partial charge in [-0.15, -0.1) is 0 Å². The van der Waals surface area contributed by atoms with Crippen molar-refractivity contribution in [3.05, 3.63) is 59.4 Å². The molecule has 1 unspecified atom stereocenters. The zero-order valence-electron chi connectivity index (χ0n) is 11.5. The summed E-state index contributed by atoms with van der Waals surface area (Å²) >= 11 is 6.45. The van der Waals surface area contributed by atoms with E-state index >= 15 is 0 Å². The zero-order valence-corrected chi connectivity index (χ0v) is 12.2. The fourth-order valence-corrected chi connectivity index (χ4v) is 2.59. The summed E-state index contributed by atoms with van der Waals surface area (Å²) in [6, 6.07) is 14.5. The molecule has 3 nitrogen and oxygen atoms in total. The van der Waals surface area contributed by atoms with Crippen LogP contribution in [0, 0.1) is 0 Å². The van der Waals surface area contributed by atoms with Gasteiger partial charge in [0.25, 0.3) is 0 Å². The summed E-state index contributed by atoms with van der Waals surface area (Å²) in [6.45, 7) is 2.11. The molecule has 0 saturated carbocycles. The summed E-state index contributed by atoms with van der Waals surface area (Å²) in [7, 11) is 1.94. The molecule has 3 rings (SSSR count). The Morgan fingerprint density at radius 2 is 2.00 bits per heavy atom. The first-order valence-corrected chi connectivity index (χ1v) is 6.97. The fraction of sp³-hybridized carbons (Fsp3) is 0.188. The molecule has 4 heteroatoms. The molecule has 102 valence electrons. The van der Waals surface area contributed by atoms with E-state index in [0.717, 1.165) is 21.7 Å². The smallest absolute Gasteiger partial charge is 0.100 e. The molecular formula is C16H16ClN3. The van der Waals surface area contributed by atoms with Crippen molar-refractivity contribution in [1.82, 2.24) is 14.9 Å². The predicted molar refractivity (Wildman–Crippen MR) is 83.6 cm³/mol. The zero-order chi connectivity index (χ0) is 14.1. The molecule has 0 fully saturated rings. The topological polar surface area (TPSA) is 29.9 Å². The van der Waals surface area contributed by atoms with Gasteiger partial charge in [-0.05, 0) is 43.8 Å². The third-order valence-corrected chi connectivity index (χ3v) is 3.92. The Labute approximate surface area is 123 Å². The highest BCUT2D eigenvalue weighted by Gasteiger charge is 2.10. The maximum atomic E-state index is 6.45. The maximum Gasteiger partial charge on any atom is 0.100 e. The second kappa shape index (κ2) is 5.27. The van der Waals surface area contributed by atoms with Crippen molar-refractivity contribution in [3.8, 4) is 5.69 Å². The predicted octanol–water partition coefficient (Wildman–Crippen LogP) is 3.96. The Kier molecular flexibility index (Phi) is 3.47. The first kappa shape index (κ1) is 13.2. The molecule has 0 amide bonds. The van der Waals surface area contributed by atoms with E-state index in [1.54, 1.807) is 0 Å². The van der Waals surface area contributed by atoms with Crippen LogP contribution in [0.1, 0.15) is 18.5 Å². The molecule has 1 aromatic heterocycles. The number of benzene rings is 2. The first-order chi connectivity index (χ1) is 9.70. The Bertz CT molecular complexity index is 748. The number of aromatic nitrogens is 2. The van der Waals surface area contributed by atoms with Crippen LogP contribution in [0.25, 0.3) is 16.7 Å². The van der Waals surface area contributed by atoms with E-state index in [9.17, 15) is 0 Å². The lowest BCUT2D eigenvalue weighted by molar-refractivity contribution is 0.652. The molecule has 20 heavy (non-hydrogen) atoms. The SMILES string of the molecule is CNC(C)c1ccc(-n2cnc3ccccc32)c(Cl)c1. The van der Waals surface area contributed by atoms with Crippen LogP contribution < -0.4 is 5.32 Å². The first-order valence-electron chi connectivity index (χ1n) is 6.60. The normalized spacial score (nSPS) is 12.8. The number of nitrogens with zero attached hydrogens (tertiary/aromatic N) is 2. The molecule has 2 aromatic carbocycles. The maximum absolute atomic E-state index is 6.45. The highest BCUT2D eigenvalue weighted by Crippen LogP contribution is 2.27. The monoisotopic (exact) mass is 285 g/mol. The summed E-state index contributed by atoms with van der Waals surface area (Å²) in [5.41, 5.74) is 4.15. The van der Waals surface area contributed by atoms with E-state index in [1.165, 1.54) is 5.56 Å². The number of halogens is 1. The Morgan fingerprint density at radius 1 is 1.20 bits per heavy atom. The van der Waals surface area contributed by atoms with Gasteiger partial charge < -0.3 is 5.32 Å². The number of hydrogen-bond donors (Lipinski definition) is 1. The molecule has 3 aromatic rings. The standard InChI is InChI=1S/C16H16ClN3/c1-11(18-2)12-7-8-15(13(17)9-12)20-10-19-14-5-3-4-6-16(14)20/h3-11,18H,1-2H3. The molecular weight excluding hydrogens is 270 g/mol. The summed E-state index contributed by atoms with van der Waals surface area (Å²) in [5.74, 6) is 0. The van der Waals surface area contributed by atoms with Gasteiger partial charge in [-0.25, -0.2) is 4.98 Å². The minimum atomic E-state index is 0.279. The summed E-state index contributed by atoms with van der Waals surface area (Å²) < 4.78 is 2.02. The van der Waals surface area contributed by atoms with Gasteiger partial charge in [0.15, 0.2) is 0 Å². The Hall–Kier alpha value is -1.84. The van der Waals surface area contributed by atoms with Crippen LogP contribution in [0.2, 0.25) is 5.02 Å². The summed E-state index contributed by atoms with van der Waals surface area (Å²) in [5, 5.41) is 3.94. The van der Waals surface area contributed by atoms with Gasteiger partial charge in [-0.2, -0.15) is 0 Å². The average Bonchev–Trinajstić information content (AvgIpc) is 2.90. The van der Waals surface area contributed by atoms with Crippen molar-refractivity contribution in [2.24, 2.45) is 0 Å². The molecule has 0 aliphatic heterocycles. The van der Waals surface area contributed by atoms with Crippen LogP contribution in [0.5, 0.6) is 0 Å². The molecule has 1 N–H and O–H groups in total. The molecule has 0 radical (unpaired) electrons. The molecule has 0 aliphatic carbocycles. The molecule has 0 spiro atoms. The summed E-state index contributed by atoms with van der Waals surface area (Å²) in [6.07, 6.45) is 1.81. The third-order valence-electron chi connectivity index (χ3n) is 3.62. The van der Waals surface area contributed by atoms with Gasteiger partial charge in [0.05, 0.1) is 21.7 Å². The van der Waals surface area contributed by atoms with E-state index < -0.39 is 0 Å². The van der Waals surface area contributed by atoms with Crippen molar-refractivity contribution in [2.75, 3.05) is 7.05 Å². The highest BCUT2D eigenvalue weighted by atomic mass is 35.5. The number of imidazole rings is 1. The average molecular weight is 286 g/mol. The van der Waals surface area contributed by atoms with Gasteiger partial charge >= 0.3 is 0 Å². The van der Waals surface area contributed by atoms with Gasteiger partial charge in [-0.3, -0.25) is 4.57 Å². The third kappa shape index (κ3) is 2.19. The van der Waals surface area contributed by atoms with Crippen molar-refractivity contribution in [3.63, 3.8) is 0 Å². The van der Waals surface area contributed by atoms with Crippen LogP contribution in [0.15, 0.2) is 48.8 Å². The number of fused-ring (bicyclic) bond motifs is 1. The van der Waals surface area contributed by atoms with Gasteiger partial charge in [0, 0.05) is 6.04 Å². The van der Waals surface area contributed by atoms with Crippen LogP contribution >= 0.6 is 11.6 Å². The molecule has 0 bridgehead atoms. The van der Waals surface area contributed by atoms with Crippen molar-refractivity contribution in [1.29, 1.82) is 0 Å². The molecule has 1 atom stereocenters.